The summed E-state index contributed by atoms with van der Waals surface area (Å²) in [6.45, 7) is 4.11. The Bertz CT molecular complexity index is 968. The summed E-state index contributed by atoms with van der Waals surface area (Å²) in [7, 11) is -3.76. The monoisotopic (exact) mass is 376 g/mol. The van der Waals surface area contributed by atoms with Crippen LogP contribution in [0.1, 0.15) is 25.3 Å². The summed E-state index contributed by atoms with van der Waals surface area (Å²) in [4.78, 5) is 4.07. The molecule has 6 nitrogen and oxygen atoms in total. The molecule has 0 fully saturated rings. The Morgan fingerprint density at radius 1 is 1.12 bits per heavy atom. The van der Waals surface area contributed by atoms with E-state index in [9.17, 15) is 8.42 Å². The van der Waals surface area contributed by atoms with Gasteiger partial charge in [0.15, 0.2) is 0 Å². The highest BCUT2D eigenvalue weighted by molar-refractivity contribution is 7.92. The van der Waals surface area contributed by atoms with E-state index in [1.165, 1.54) is 17.3 Å². The molecule has 0 atom stereocenters. The average molecular weight is 377 g/mol. The molecule has 0 radical (unpaired) electrons. The zero-order chi connectivity index (χ0) is 18.0. The van der Waals surface area contributed by atoms with E-state index in [1.54, 1.807) is 30.3 Å². The van der Waals surface area contributed by atoms with E-state index >= 15 is 0 Å². The van der Waals surface area contributed by atoms with Crippen molar-refractivity contribution in [2.24, 2.45) is 0 Å². The number of hydrogen-bond donors (Lipinski definition) is 1. The molecule has 2 aromatic carbocycles. The van der Waals surface area contributed by atoms with Crippen LogP contribution in [-0.2, 0) is 10.0 Å². The molecule has 25 heavy (non-hydrogen) atoms. The first-order valence-electron chi connectivity index (χ1n) is 7.64. The third-order valence-electron chi connectivity index (χ3n) is 3.73. The van der Waals surface area contributed by atoms with E-state index in [4.69, 9.17) is 11.6 Å². The number of aromatic nitrogens is 3. The number of halogens is 1. The fourth-order valence-corrected chi connectivity index (χ4v) is 3.60. The molecule has 0 saturated carbocycles. The first kappa shape index (κ1) is 17.4. The van der Waals surface area contributed by atoms with E-state index < -0.39 is 10.0 Å². The Labute approximate surface area is 151 Å². The number of benzene rings is 2. The number of rotatable bonds is 5. The van der Waals surface area contributed by atoms with Gasteiger partial charge < -0.3 is 0 Å². The minimum absolute atomic E-state index is 0.182. The van der Waals surface area contributed by atoms with E-state index in [-0.39, 0.29) is 4.90 Å². The van der Waals surface area contributed by atoms with Crippen LogP contribution in [0.5, 0.6) is 0 Å². The van der Waals surface area contributed by atoms with Crippen LogP contribution in [0.2, 0.25) is 5.02 Å². The molecule has 3 aromatic rings. The lowest BCUT2D eigenvalue weighted by Crippen LogP contribution is -2.15. The van der Waals surface area contributed by atoms with Gasteiger partial charge in [-0.3, -0.25) is 4.72 Å². The lowest BCUT2D eigenvalue weighted by molar-refractivity contribution is 0.601. The van der Waals surface area contributed by atoms with E-state index in [1.807, 2.05) is 12.1 Å². The molecule has 0 aliphatic rings. The molecular formula is C17H17ClN4O2S. The van der Waals surface area contributed by atoms with E-state index in [2.05, 4.69) is 28.7 Å². The van der Waals surface area contributed by atoms with Gasteiger partial charge in [0.05, 0.1) is 16.3 Å². The number of nitrogens with zero attached hydrogens (tertiary/aromatic N) is 3. The number of anilines is 1. The summed E-state index contributed by atoms with van der Waals surface area (Å²) in [5, 5.41) is 4.45. The number of hydrogen-bond acceptors (Lipinski definition) is 4. The molecular weight excluding hydrogens is 360 g/mol. The third-order valence-corrected chi connectivity index (χ3v) is 5.34. The first-order valence-corrected chi connectivity index (χ1v) is 9.50. The molecule has 1 heterocycles. The molecule has 0 aliphatic carbocycles. The molecule has 8 heteroatoms. The van der Waals surface area contributed by atoms with E-state index in [0.717, 1.165) is 5.56 Å². The van der Waals surface area contributed by atoms with Crippen LogP contribution in [-0.4, -0.2) is 23.2 Å². The van der Waals surface area contributed by atoms with Crippen LogP contribution in [0.4, 0.5) is 5.69 Å². The quantitative estimate of drug-likeness (QED) is 0.733. The van der Waals surface area contributed by atoms with Gasteiger partial charge in [-0.1, -0.05) is 37.6 Å². The third kappa shape index (κ3) is 3.83. The van der Waals surface area contributed by atoms with Gasteiger partial charge >= 0.3 is 0 Å². The van der Waals surface area contributed by atoms with Gasteiger partial charge in [-0.25, -0.2) is 18.1 Å². The Hall–Kier alpha value is -2.38. The van der Waals surface area contributed by atoms with Crippen LogP contribution in [0.3, 0.4) is 0 Å². The molecule has 1 aromatic heterocycles. The van der Waals surface area contributed by atoms with Gasteiger partial charge in [-0.05, 0) is 41.8 Å². The predicted octanol–water partition coefficient (Wildman–Crippen LogP) is 3.84. The van der Waals surface area contributed by atoms with Crippen molar-refractivity contribution in [1.29, 1.82) is 0 Å². The van der Waals surface area contributed by atoms with Crippen molar-refractivity contribution >= 4 is 27.3 Å². The highest BCUT2D eigenvalue weighted by Gasteiger charge is 2.17. The van der Waals surface area contributed by atoms with Crippen LogP contribution in [0.25, 0.3) is 5.69 Å². The fourth-order valence-electron chi connectivity index (χ4n) is 2.36. The molecule has 0 aliphatic heterocycles. The topological polar surface area (TPSA) is 76.9 Å². The Morgan fingerprint density at radius 3 is 2.44 bits per heavy atom. The summed E-state index contributed by atoms with van der Waals surface area (Å²) in [6.07, 6.45) is 2.86. The van der Waals surface area contributed by atoms with Gasteiger partial charge in [-0.2, -0.15) is 5.10 Å². The normalized spacial score (nSPS) is 11.7. The SMILES string of the molecule is CC(C)c1ccc(S(=O)(=O)Nc2cc(Cl)ccc2-n2cncn2)cc1. The van der Waals surface area contributed by atoms with Crippen LogP contribution in [0, 0.1) is 0 Å². The second-order valence-electron chi connectivity index (χ2n) is 5.83. The maximum absolute atomic E-state index is 12.7. The highest BCUT2D eigenvalue weighted by atomic mass is 35.5. The van der Waals surface area contributed by atoms with Crippen molar-refractivity contribution in [3.8, 4) is 5.69 Å². The zero-order valence-electron chi connectivity index (χ0n) is 13.7. The van der Waals surface area contributed by atoms with Gasteiger partial charge in [0, 0.05) is 5.02 Å². The smallest absolute Gasteiger partial charge is 0.261 e. The Balaban J connectivity index is 1.97. The van der Waals surface area contributed by atoms with Gasteiger partial charge in [-0.15, -0.1) is 0 Å². The first-order chi connectivity index (χ1) is 11.9. The molecule has 3 rings (SSSR count). The maximum Gasteiger partial charge on any atom is 0.261 e. The van der Waals surface area contributed by atoms with E-state index in [0.29, 0.717) is 22.3 Å². The summed E-state index contributed by atoms with van der Waals surface area (Å²) in [6, 6.07) is 11.7. The largest absolute Gasteiger partial charge is 0.277 e. The molecule has 0 bridgehead atoms. The minimum atomic E-state index is -3.76. The zero-order valence-corrected chi connectivity index (χ0v) is 15.3. The van der Waals surface area contributed by atoms with Crippen molar-refractivity contribution in [1.82, 2.24) is 14.8 Å². The van der Waals surface area contributed by atoms with Crippen molar-refractivity contribution in [2.75, 3.05) is 4.72 Å². The predicted molar refractivity (Wildman–Crippen MR) is 97.7 cm³/mol. The number of sulfonamides is 1. The fraction of sp³-hybridized carbons (Fsp3) is 0.176. The molecule has 0 saturated heterocycles. The summed E-state index contributed by atoms with van der Waals surface area (Å²) in [5.41, 5.74) is 1.93. The van der Waals surface area contributed by atoms with Gasteiger partial charge in [0.2, 0.25) is 0 Å². The van der Waals surface area contributed by atoms with Crippen molar-refractivity contribution in [3.05, 3.63) is 65.7 Å². The Kier molecular flexibility index (Phi) is 4.78. The minimum Gasteiger partial charge on any atom is -0.277 e. The van der Waals surface area contributed by atoms with Crippen LogP contribution < -0.4 is 4.72 Å². The second-order valence-corrected chi connectivity index (χ2v) is 7.95. The summed E-state index contributed by atoms with van der Waals surface area (Å²) in [5.74, 6) is 0.330. The van der Waals surface area contributed by atoms with Gasteiger partial charge in [0.1, 0.15) is 12.7 Å². The molecule has 0 amide bonds. The van der Waals surface area contributed by atoms with Crippen LogP contribution in [0.15, 0.2) is 60.0 Å². The summed E-state index contributed by atoms with van der Waals surface area (Å²) < 4.78 is 29.5. The summed E-state index contributed by atoms with van der Waals surface area (Å²) >= 11 is 6.03. The average Bonchev–Trinajstić information content (AvgIpc) is 3.09. The number of nitrogens with one attached hydrogen (secondary N) is 1. The molecule has 0 unspecified atom stereocenters. The molecule has 1 N–H and O–H groups in total. The molecule has 130 valence electrons. The molecule has 0 spiro atoms. The lowest BCUT2D eigenvalue weighted by Gasteiger charge is -2.13. The second kappa shape index (κ2) is 6.85. The lowest BCUT2D eigenvalue weighted by atomic mass is 10.0. The van der Waals surface area contributed by atoms with Crippen LogP contribution >= 0.6 is 11.6 Å². The standard InChI is InChI=1S/C17H17ClN4O2S/c1-12(2)13-3-6-15(7-4-13)25(23,24)21-16-9-14(18)5-8-17(16)22-11-19-10-20-22/h3-12,21H,1-2H3. The Morgan fingerprint density at radius 2 is 1.84 bits per heavy atom. The van der Waals surface area contributed by atoms with Gasteiger partial charge in [0.25, 0.3) is 10.0 Å². The maximum atomic E-state index is 12.7. The van der Waals surface area contributed by atoms with Crippen molar-refractivity contribution in [2.45, 2.75) is 24.7 Å². The van der Waals surface area contributed by atoms with Crippen molar-refractivity contribution < 1.29 is 8.42 Å². The highest BCUT2D eigenvalue weighted by Crippen LogP contribution is 2.27. The van der Waals surface area contributed by atoms with Crippen molar-refractivity contribution in [3.63, 3.8) is 0 Å².